The van der Waals surface area contributed by atoms with Gasteiger partial charge in [-0.2, -0.15) is 0 Å². The number of primary amides is 1. The first-order valence-electron chi connectivity index (χ1n) is 13.4. The average Bonchev–Trinajstić information content (AvgIpc) is 3.27. The molecule has 9 nitrogen and oxygen atoms in total. The predicted octanol–water partition coefficient (Wildman–Crippen LogP) is 3.80. The van der Waals surface area contributed by atoms with Crippen LogP contribution in [-0.2, 0) is 4.79 Å². The first kappa shape index (κ1) is 28.0. The van der Waals surface area contributed by atoms with Gasteiger partial charge in [0, 0.05) is 55.4 Å². The van der Waals surface area contributed by atoms with Crippen LogP contribution in [0.3, 0.4) is 0 Å². The van der Waals surface area contributed by atoms with Crippen LogP contribution in [0.15, 0.2) is 65.7 Å². The number of aliphatic imine (C=N–C) groups is 1. The molecule has 3 aromatic carbocycles. The number of piperazine rings is 1. The summed E-state index contributed by atoms with van der Waals surface area (Å²) >= 11 is 0. The number of carbonyl (C=O) groups excluding carboxylic acids is 2. The third-order valence-corrected chi connectivity index (χ3v) is 7.55. The molecule has 1 aliphatic rings. The molecule has 2 amide bonds. The van der Waals surface area contributed by atoms with Crippen LogP contribution in [0.25, 0.3) is 10.9 Å². The molecule has 1 saturated heterocycles. The molecule has 0 radical (unpaired) electrons. The van der Waals surface area contributed by atoms with Crippen molar-refractivity contribution in [2.24, 2.45) is 10.7 Å². The van der Waals surface area contributed by atoms with Gasteiger partial charge >= 0.3 is 0 Å². The number of rotatable bonds is 7. The molecule has 41 heavy (non-hydrogen) atoms. The Morgan fingerprint density at radius 2 is 1.76 bits per heavy atom. The van der Waals surface area contributed by atoms with Crippen LogP contribution in [0.1, 0.15) is 27.0 Å². The Labute approximate surface area is 237 Å². The van der Waals surface area contributed by atoms with Crippen molar-refractivity contribution in [3.8, 4) is 5.88 Å². The number of nitrogens with two attached hydrogens (primary N) is 1. The molecule has 5 rings (SSSR count). The van der Waals surface area contributed by atoms with Crippen LogP contribution in [0.2, 0.25) is 0 Å². The van der Waals surface area contributed by atoms with Gasteiger partial charge in [0.15, 0.2) is 5.88 Å². The number of hydrogen-bond acceptors (Lipinski definition) is 6. The van der Waals surface area contributed by atoms with Gasteiger partial charge in [0.2, 0.25) is 11.8 Å². The Morgan fingerprint density at radius 3 is 2.41 bits per heavy atom. The van der Waals surface area contributed by atoms with Gasteiger partial charge in [0.1, 0.15) is 5.82 Å². The summed E-state index contributed by atoms with van der Waals surface area (Å²) < 4.78 is 13.9. The van der Waals surface area contributed by atoms with Gasteiger partial charge in [0.05, 0.1) is 29.0 Å². The minimum absolute atomic E-state index is 0.00704. The van der Waals surface area contributed by atoms with Crippen molar-refractivity contribution >= 4 is 39.8 Å². The Balaban J connectivity index is 1.49. The zero-order valence-electron chi connectivity index (χ0n) is 23.3. The summed E-state index contributed by atoms with van der Waals surface area (Å²) in [6.07, 6.45) is 0. The number of hydrogen-bond donors (Lipinski definition) is 3. The molecule has 0 atom stereocenters. The molecule has 0 bridgehead atoms. The van der Waals surface area contributed by atoms with Crippen molar-refractivity contribution in [1.29, 1.82) is 0 Å². The number of nitrogens with one attached hydrogen (secondary N) is 1. The summed E-state index contributed by atoms with van der Waals surface area (Å²) in [5, 5.41) is 11.5. The lowest BCUT2D eigenvalue weighted by atomic mass is 9.95. The lowest BCUT2D eigenvalue weighted by Crippen LogP contribution is -2.48. The SMILES string of the molecule is Cc1cc(C(N)=O)ccc1C(=Nc1ccc(N(C)C(=O)CN2CCN(C)CC2)cc1)c1c(O)[nH]c2cc(F)ccc12. The maximum Gasteiger partial charge on any atom is 0.248 e. The Bertz CT molecular complexity index is 1640. The maximum absolute atomic E-state index is 13.9. The van der Waals surface area contributed by atoms with Gasteiger partial charge in [-0.3, -0.25) is 14.5 Å². The lowest BCUT2D eigenvalue weighted by molar-refractivity contribution is -0.119. The minimum atomic E-state index is -0.551. The highest BCUT2D eigenvalue weighted by Gasteiger charge is 2.22. The highest BCUT2D eigenvalue weighted by atomic mass is 19.1. The molecule has 2 heterocycles. The zero-order valence-corrected chi connectivity index (χ0v) is 23.3. The van der Waals surface area contributed by atoms with Gasteiger partial charge in [-0.05, 0) is 74.1 Å². The maximum atomic E-state index is 13.9. The highest BCUT2D eigenvalue weighted by Crippen LogP contribution is 2.33. The number of likely N-dealkylation sites (N-methyl/N-ethyl adjacent to an activating group) is 2. The van der Waals surface area contributed by atoms with E-state index in [9.17, 15) is 19.1 Å². The van der Waals surface area contributed by atoms with E-state index in [4.69, 9.17) is 10.7 Å². The fraction of sp³-hybridized carbons (Fsp3) is 0.258. The first-order chi connectivity index (χ1) is 19.6. The van der Waals surface area contributed by atoms with Crippen LogP contribution in [0.4, 0.5) is 15.8 Å². The summed E-state index contributed by atoms with van der Waals surface area (Å²) in [7, 11) is 3.84. The number of carbonyl (C=O) groups is 2. The number of amides is 2. The van der Waals surface area contributed by atoms with E-state index in [2.05, 4.69) is 21.8 Å². The molecule has 1 aromatic heterocycles. The van der Waals surface area contributed by atoms with E-state index in [1.807, 2.05) is 19.1 Å². The number of aryl methyl sites for hydroxylation is 1. The quantitative estimate of drug-likeness (QED) is 0.299. The van der Waals surface area contributed by atoms with Gasteiger partial charge in [-0.25, -0.2) is 9.38 Å². The predicted molar refractivity (Wildman–Crippen MR) is 159 cm³/mol. The topological polar surface area (TPSA) is 118 Å². The van der Waals surface area contributed by atoms with E-state index in [1.165, 1.54) is 12.1 Å². The molecular formula is C31H33FN6O3. The Morgan fingerprint density at radius 1 is 1.05 bits per heavy atom. The largest absolute Gasteiger partial charge is 0.494 e. The third kappa shape index (κ3) is 5.98. The van der Waals surface area contributed by atoms with Crippen molar-refractivity contribution in [3.05, 3.63) is 88.7 Å². The first-order valence-corrected chi connectivity index (χ1v) is 13.4. The molecule has 4 N–H and O–H groups in total. The molecule has 0 spiro atoms. The van der Waals surface area contributed by atoms with Crippen LogP contribution in [0.5, 0.6) is 5.88 Å². The van der Waals surface area contributed by atoms with Crippen LogP contribution < -0.4 is 10.6 Å². The number of halogens is 1. The molecule has 4 aromatic rings. The van der Waals surface area contributed by atoms with Crippen molar-refractivity contribution in [1.82, 2.24) is 14.8 Å². The van der Waals surface area contributed by atoms with Crippen molar-refractivity contribution in [2.45, 2.75) is 6.92 Å². The van der Waals surface area contributed by atoms with E-state index in [-0.39, 0.29) is 11.8 Å². The van der Waals surface area contributed by atoms with Crippen molar-refractivity contribution < 1.29 is 19.1 Å². The number of benzene rings is 3. The van der Waals surface area contributed by atoms with Gasteiger partial charge in [0.25, 0.3) is 0 Å². The molecular weight excluding hydrogens is 523 g/mol. The van der Waals surface area contributed by atoms with Crippen LogP contribution >= 0.6 is 0 Å². The number of H-pyrrole nitrogens is 1. The second kappa shape index (κ2) is 11.5. The fourth-order valence-electron chi connectivity index (χ4n) is 5.06. The second-order valence-corrected chi connectivity index (χ2v) is 10.4. The lowest BCUT2D eigenvalue weighted by Gasteiger charge is -2.32. The Hall–Kier alpha value is -4.54. The van der Waals surface area contributed by atoms with Gasteiger partial charge in [-0.1, -0.05) is 6.07 Å². The third-order valence-electron chi connectivity index (χ3n) is 7.55. The Kier molecular flexibility index (Phi) is 7.87. The van der Waals surface area contributed by atoms with Gasteiger partial charge in [-0.15, -0.1) is 0 Å². The average molecular weight is 557 g/mol. The number of aromatic hydroxyl groups is 1. The standard InChI is InChI=1S/C31H33FN6O3/c1-19-16-20(30(33)40)4-10-24(19)29(28-25-11-5-21(32)17-26(25)35-31(28)41)34-22-6-8-23(9-7-22)37(3)27(39)18-38-14-12-36(2)13-15-38/h4-11,16-17,35,41H,12-15,18H2,1-3H3,(H2,33,40). The van der Waals surface area contributed by atoms with E-state index < -0.39 is 11.7 Å². The van der Waals surface area contributed by atoms with E-state index in [0.29, 0.717) is 45.5 Å². The minimum Gasteiger partial charge on any atom is -0.494 e. The van der Waals surface area contributed by atoms with E-state index in [1.54, 1.807) is 48.3 Å². The number of anilines is 1. The van der Waals surface area contributed by atoms with Crippen LogP contribution in [-0.4, -0.2) is 84.2 Å². The molecule has 0 unspecified atom stereocenters. The van der Waals surface area contributed by atoms with E-state index in [0.717, 1.165) is 37.4 Å². The fourth-order valence-corrected chi connectivity index (χ4v) is 5.06. The molecule has 1 fully saturated rings. The van der Waals surface area contributed by atoms with Gasteiger partial charge < -0.3 is 25.6 Å². The second-order valence-electron chi connectivity index (χ2n) is 10.4. The summed E-state index contributed by atoms with van der Waals surface area (Å²) in [4.78, 5) is 38.5. The van der Waals surface area contributed by atoms with Crippen molar-refractivity contribution in [2.75, 3.05) is 51.7 Å². The van der Waals surface area contributed by atoms with Crippen molar-refractivity contribution in [3.63, 3.8) is 0 Å². The normalized spacial score (nSPS) is 14.9. The molecule has 212 valence electrons. The summed E-state index contributed by atoms with van der Waals surface area (Å²) in [6, 6.07) is 16.5. The number of fused-ring (bicyclic) bond motifs is 1. The molecule has 0 aliphatic carbocycles. The molecule has 1 aliphatic heterocycles. The number of nitrogens with zero attached hydrogens (tertiary/aromatic N) is 4. The van der Waals surface area contributed by atoms with Crippen LogP contribution in [0, 0.1) is 12.7 Å². The number of aromatic amines is 1. The summed E-state index contributed by atoms with van der Waals surface area (Å²) in [6.45, 7) is 5.79. The highest BCUT2D eigenvalue weighted by molar-refractivity contribution is 6.22. The summed E-state index contributed by atoms with van der Waals surface area (Å²) in [5.41, 5.74) is 9.79. The molecule has 0 saturated carbocycles. The summed E-state index contributed by atoms with van der Waals surface area (Å²) in [5.74, 6) is -1.14. The number of aromatic nitrogens is 1. The van der Waals surface area contributed by atoms with E-state index >= 15 is 0 Å². The zero-order chi connectivity index (χ0) is 29.3. The smallest absolute Gasteiger partial charge is 0.248 e. The monoisotopic (exact) mass is 556 g/mol. The molecule has 10 heteroatoms.